The molecule has 0 aliphatic heterocycles. The Hall–Kier alpha value is -5.43. The zero-order valence-corrected chi connectivity index (χ0v) is 24.6. The molecule has 0 aliphatic rings. The molecule has 218 valence electrons. The van der Waals surface area contributed by atoms with E-state index in [4.69, 9.17) is 9.47 Å². The van der Waals surface area contributed by atoms with E-state index < -0.39 is 11.8 Å². The number of carbonyl (C=O) groups is 3. The highest BCUT2D eigenvalue weighted by molar-refractivity contribution is 6.11. The summed E-state index contributed by atoms with van der Waals surface area (Å²) in [6, 6.07) is 28.5. The molecule has 4 aromatic carbocycles. The molecule has 0 fully saturated rings. The highest BCUT2D eigenvalue weighted by Crippen LogP contribution is 2.32. The number of rotatable bonds is 11. The van der Waals surface area contributed by atoms with Crippen molar-refractivity contribution in [1.82, 2.24) is 5.32 Å². The number of ketones is 1. The van der Waals surface area contributed by atoms with Gasteiger partial charge in [-0.25, -0.2) is 0 Å². The molecule has 0 saturated carbocycles. The van der Waals surface area contributed by atoms with Crippen molar-refractivity contribution in [2.45, 2.75) is 19.8 Å². The van der Waals surface area contributed by atoms with Crippen molar-refractivity contribution in [1.29, 1.82) is 0 Å². The average Bonchev–Trinajstić information content (AvgIpc) is 3.03. The molecular formula is C36H34N2O5. The van der Waals surface area contributed by atoms with E-state index in [2.05, 4.69) is 36.6 Å². The van der Waals surface area contributed by atoms with Crippen LogP contribution in [-0.2, 0) is 4.79 Å². The van der Waals surface area contributed by atoms with Crippen molar-refractivity contribution in [3.63, 3.8) is 0 Å². The standard InChI is InChI=1S/C36H34N2O5/c1-24(2)26-16-13-25(14-17-26)15-22-32(39)27-18-20-30(21-19-27)37-36(41)31(38-35(40)28-9-6-5-7-10-28)23-29-11-8-12-33(42-3)34(29)43-4/h5-24H,1-4H3,(H,37,41)(H,38,40)/b22-15+,31-23-. The molecule has 43 heavy (non-hydrogen) atoms. The number of ether oxygens (including phenoxy) is 2. The molecule has 4 aromatic rings. The Kier molecular flexibility index (Phi) is 10.3. The summed E-state index contributed by atoms with van der Waals surface area (Å²) in [4.78, 5) is 39.2. The van der Waals surface area contributed by atoms with Crippen molar-refractivity contribution in [2.75, 3.05) is 19.5 Å². The van der Waals surface area contributed by atoms with Crippen LogP contribution in [0.3, 0.4) is 0 Å². The van der Waals surface area contributed by atoms with Crippen LogP contribution in [0, 0.1) is 0 Å². The third kappa shape index (κ3) is 8.07. The summed E-state index contributed by atoms with van der Waals surface area (Å²) in [5.74, 6) is 0.165. The predicted octanol–water partition coefficient (Wildman–Crippen LogP) is 7.13. The molecule has 7 nitrogen and oxygen atoms in total. The van der Waals surface area contributed by atoms with Crippen molar-refractivity contribution < 1.29 is 23.9 Å². The predicted molar refractivity (Wildman–Crippen MR) is 170 cm³/mol. The lowest BCUT2D eigenvalue weighted by Gasteiger charge is -2.14. The van der Waals surface area contributed by atoms with Gasteiger partial charge in [-0.1, -0.05) is 74.5 Å². The summed E-state index contributed by atoms with van der Waals surface area (Å²) < 4.78 is 10.9. The maximum absolute atomic E-state index is 13.4. The first-order valence-corrected chi connectivity index (χ1v) is 13.8. The fourth-order valence-electron chi connectivity index (χ4n) is 4.30. The second-order valence-electron chi connectivity index (χ2n) is 10.0. The molecule has 0 saturated heterocycles. The summed E-state index contributed by atoms with van der Waals surface area (Å²) >= 11 is 0. The lowest BCUT2D eigenvalue weighted by atomic mass is 10.0. The van der Waals surface area contributed by atoms with Crippen molar-refractivity contribution in [3.8, 4) is 11.5 Å². The van der Waals surface area contributed by atoms with Crippen LogP contribution in [0.1, 0.15) is 57.2 Å². The lowest BCUT2D eigenvalue weighted by Crippen LogP contribution is -2.30. The summed E-state index contributed by atoms with van der Waals surface area (Å²) in [5.41, 5.74) is 4.02. The maximum atomic E-state index is 13.4. The second kappa shape index (κ2) is 14.5. The van der Waals surface area contributed by atoms with Crippen LogP contribution in [-0.4, -0.2) is 31.8 Å². The van der Waals surface area contributed by atoms with Gasteiger partial charge >= 0.3 is 0 Å². The molecule has 2 N–H and O–H groups in total. The summed E-state index contributed by atoms with van der Waals surface area (Å²) in [6.07, 6.45) is 4.83. The monoisotopic (exact) mass is 574 g/mol. The number of para-hydroxylation sites is 1. The van der Waals surface area contributed by atoms with E-state index in [0.717, 1.165) is 5.56 Å². The number of methoxy groups -OCH3 is 2. The van der Waals surface area contributed by atoms with E-state index >= 15 is 0 Å². The Bertz CT molecular complexity index is 1640. The molecule has 2 amide bonds. The van der Waals surface area contributed by atoms with Crippen LogP contribution in [0.2, 0.25) is 0 Å². The minimum Gasteiger partial charge on any atom is -0.493 e. The number of anilines is 1. The van der Waals surface area contributed by atoms with Gasteiger partial charge in [0.1, 0.15) is 5.70 Å². The largest absolute Gasteiger partial charge is 0.493 e. The molecule has 0 heterocycles. The summed E-state index contributed by atoms with van der Waals surface area (Å²) in [6.45, 7) is 4.27. The fourth-order valence-corrected chi connectivity index (χ4v) is 4.30. The van der Waals surface area contributed by atoms with Crippen LogP contribution in [0.25, 0.3) is 12.2 Å². The number of nitrogens with one attached hydrogen (secondary N) is 2. The highest BCUT2D eigenvalue weighted by atomic mass is 16.5. The molecular weight excluding hydrogens is 540 g/mol. The molecule has 0 spiro atoms. The first kappa shape index (κ1) is 30.5. The molecule has 4 rings (SSSR count). The number of benzene rings is 4. The number of carbonyl (C=O) groups excluding carboxylic acids is 3. The Morgan fingerprint density at radius 2 is 1.44 bits per heavy atom. The molecule has 0 radical (unpaired) electrons. The minimum atomic E-state index is -0.557. The third-order valence-electron chi connectivity index (χ3n) is 6.72. The van der Waals surface area contributed by atoms with E-state index in [1.807, 2.05) is 12.1 Å². The van der Waals surface area contributed by atoms with Gasteiger partial charge in [0, 0.05) is 22.4 Å². The Morgan fingerprint density at radius 1 is 0.744 bits per heavy atom. The zero-order valence-electron chi connectivity index (χ0n) is 24.6. The van der Waals surface area contributed by atoms with Gasteiger partial charge in [-0.15, -0.1) is 0 Å². The highest BCUT2D eigenvalue weighted by Gasteiger charge is 2.17. The van der Waals surface area contributed by atoms with Crippen LogP contribution in [0.4, 0.5) is 5.69 Å². The van der Waals surface area contributed by atoms with E-state index in [0.29, 0.717) is 39.8 Å². The van der Waals surface area contributed by atoms with Gasteiger partial charge in [0.05, 0.1) is 14.2 Å². The lowest BCUT2D eigenvalue weighted by molar-refractivity contribution is -0.113. The number of amides is 2. The van der Waals surface area contributed by atoms with Gasteiger partial charge in [-0.2, -0.15) is 0 Å². The zero-order chi connectivity index (χ0) is 30.8. The van der Waals surface area contributed by atoms with Gasteiger partial charge in [-0.05, 0) is 71.7 Å². The van der Waals surface area contributed by atoms with E-state index in [9.17, 15) is 14.4 Å². The summed E-state index contributed by atoms with van der Waals surface area (Å²) in [7, 11) is 3.02. The summed E-state index contributed by atoms with van der Waals surface area (Å²) in [5, 5.41) is 5.51. The second-order valence-corrected chi connectivity index (χ2v) is 10.0. The molecule has 0 unspecified atom stereocenters. The number of hydrogen-bond donors (Lipinski definition) is 2. The van der Waals surface area contributed by atoms with Gasteiger partial charge < -0.3 is 20.1 Å². The number of allylic oxidation sites excluding steroid dienone is 1. The molecule has 0 aromatic heterocycles. The SMILES string of the molecule is COc1cccc(/C=C(\NC(=O)c2ccccc2)C(=O)Nc2ccc(C(=O)/C=C/c3ccc(C(C)C)cc3)cc2)c1OC. The topological polar surface area (TPSA) is 93.7 Å². The van der Waals surface area contributed by atoms with Crippen molar-refractivity contribution >= 4 is 35.4 Å². The minimum absolute atomic E-state index is 0.00743. The van der Waals surface area contributed by atoms with Crippen molar-refractivity contribution in [3.05, 3.63) is 137 Å². The smallest absolute Gasteiger partial charge is 0.272 e. The Labute approximate surface area is 251 Å². The van der Waals surface area contributed by atoms with Crippen LogP contribution < -0.4 is 20.1 Å². The first-order valence-electron chi connectivity index (χ1n) is 13.8. The molecule has 0 bridgehead atoms. The Morgan fingerprint density at radius 3 is 2.07 bits per heavy atom. The van der Waals surface area contributed by atoms with Gasteiger partial charge in [0.15, 0.2) is 17.3 Å². The van der Waals surface area contributed by atoms with Gasteiger partial charge in [0.2, 0.25) is 0 Å². The van der Waals surface area contributed by atoms with Gasteiger partial charge in [0.25, 0.3) is 11.8 Å². The maximum Gasteiger partial charge on any atom is 0.272 e. The van der Waals surface area contributed by atoms with Crippen LogP contribution in [0.15, 0.2) is 109 Å². The van der Waals surface area contributed by atoms with Crippen LogP contribution >= 0.6 is 0 Å². The first-order chi connectivity index (χ1) is 20.8. The fraction of sp³-hybridized carbons (Fsp3) is 0.139. The Balaban J connectivity index is 1.53. The average molecular weight is 575 g/mol. The van der Waals surface area contributed by atoms with E-state index in [1.54, 1.807) is 78.9 Å². The third-order valence-corrected chi connectivity index (χ3v) is 6.72. The van der Waals surface area contributed by atoms with Crippen molar-refractivity contribution in [2.24, 2.45) is 0 Å². The normalized spacial score (nSPS) is 11.3. The molecule has 7 heteroatoms. The molecule has 0 atom stereocenters. The quantitative estimate of drug-likeness (QED) is 0.147. The van der Waals surface area contributed by atoms with E-state index in [-0.39, 0.29) is 11.5 Å². The van der Waals surface area contributed by atoms with E-state index in [1.165, 1.54) is 31.9 Å². The van der Waals surface area contributed by atoms with Gasteiger partial charge in [-0.3, -0.25) is 14.4 Å². The number of hydrogen-bond acceptors (Lipinski definition) is 5. The molecule has 0 aliphatic carbocycles. The van der Waals surface area contributed by atoms with Crippen LogP contribution in [0.5, 0.6) is 11.5 Å².